The third-order valence-corrected chi connectivity index (χ3v) is 23.4. The van der Waals surface area contributed by atoms with Gasteiger partial charge in [-0.1, -0.05) is 140 Å². The minimum absolute atomic E-state index is 0.102. The monoisotopic (exact) mass is 1570 g/mol. The number of allylic oxidation sites excluding steroid dienone is 4. The fourth-order valence-corrected chi connectivity index (χ4v) is 17.7. The van der Waals surface area contributed by atoms with Crippen LogP contribution in [0, 0.1) is 73.9 Å². The molecule has 0 radical (unpaired) electrons. The molecule has 0 saturated carbocycles. The van der Waals surface area contributed by atoms with Gasteiger partial charge in [-0.15, -0.1) is 0 Å². The van der Waals surface area contributed by atoms with Crippen LogP contribution < -0.4 is 0 Å². The van der Waals surface area contributed by atoms with Crippen molar-refractivity contribution in [3.63, 3.8) is 0 Å². The van der Waals surface area contributed by atoms with Gasteiger partial charge in [0.25, 0.3) is 0 Å². The molecule has 0 fully saturated rings. The average molecular weight is 1580 g/mol. The largest absolute Gasteiger partial charge is 0.416 e. The maximum Gasteiger partial charge on any atom is 0.416 e. The molecule has 18 heteroatoms. The molecular formula is C103H56F6N12. The summed E-state index contributed by atoms with van der Waals surface area (Å²) in [7, 11) is 0. The maximum atomic E-state index is 15.2. The predicted molar refractivity (Wildman–Crippen MR) is 460 cm³/mol. The molecule has 0 spiro atoms. The van der Waals surface area contributed by atoms with Crippen molar-refractivity contribution < 1.29 is 26.3 Å². The molecule has 1 aliphatic rings. The second-order valence-corrected chi connectivity index (χ2v) is 30.3. The van der Waals surface area contributed by atoms with Crippen molar-refractivity contribution in [1.82, 2.24) is 28.2 Å². The third kappa shape index (κ3) is 12.3. The molecular weight excluding hydrogens is 1520 g/mol. The van der Waals surface area contributed by atoms with Crippen molar-refractivity contribution >= 4 is 87.2 Å². The van der Waals surface area contributed by atoms with Crippen molar-refractivity contribution in [1.29, 1.82) is 31.6 Å². The highest BCUT2D eigenvalue weighted by Gasteiger charge is 2.35. The molecule has 0 N–H and O–H groups in total. The van der Waals surface area contributed by atoms with Crippen LogP contribution in [0.2, 0.25) is 0 Å². The average Bonchev–Trinajstić information content (AvgIpc) is 1.59. The fourth-order valence-electron chi connectivity index (χ4n) is 17.7. The van der Waals surface area contributed by atoms with E-state index in [9.17, 15) is 31.6 Å². The number of fused-ring (bicyclic) bond motifs is 12. The number of para-hydroxylation sites is 3. The first-order valence-corrected chi connectivity index (χ1v) is 38.6. The van der Waals surface area contributed by atoms with E-state index in [-0.39, 0.29) is 34.1 Å². The van der Waals surface area contributed by atoms with Gasteiger partial charge >= 0.3 is 12.4 Å². The summed E-state index contributed by atoms with van der Waals surface area (Å²) in [6, 6.07) is 96.6. The van der Waals surface area contributed by atoms with E-state index in [2.05, 4.69) is 36.4 Å². The number of rotatable bonds is 11. The summed E-state index contributed by atoms with van der Waals surface area (Å²) >= 11 is 0. The number of benzene rings is 13. The topological polar surface area (TPSA) is 188 Å². The minimum atomic E-state index is -4.84. The highest BCUT2D eigenvalue weighted by atomic mass is 19.4. The summed E-state index contributed by atoms with van der Waals surface area (Å²) in [6.07, 6.45) is -0.569. The number of nitrogens with zero attached hydrogens (tertiary/aromatic N) is 12. The third-order valence-electron chi connectivity index (χ3n) is 23.4. The Morgan fingerprint density at radius 2 is 0.669 bits per heavy atom. The lowest BCUT2D eigenvalue weighted by Gasteiger charge is -2.23. The van der Waals surface area contributed by atoms with E-state index in [1.165, 1.54) is 12.1 Å². The van der Waals surface area contributed by atoms with Gasteiger partial charge in [0.1, 0.15) is 11.6 Å². The molecule has 0 bridgehead atoms. The molecule has 20 rings (SSSR count). The van der Waals surface area contributed by atoms with E-state index in [1.807, 2.05) is 244 Å². The normalized spacial score (nSPS) is 13.5. The molecule has 0 saturated heterocycles. The van der Waals surface area contributed by atoms with Gasteiger partial charge in [0.2, 0.25) is 0 Å². The van der Waals surface area contributed by atoms with Gasteiger partial charge in [-0.2, -0.15) is 57.9 Å². The number of hydrogen-bond acceptors (Lipinski definition) is 8. The zero-order valence-electron chi connectivity index (χ0n) is 63.7. The van der Waals surface area contributed by atoms with E-state index in [4.69, 9.17) is 9.97 Å². The smallest absolute Gasteiger partial charge is 0.307 e. The van der Waals surface area contributed by atoms with Crippen LogP contribution in [0.1, 0.15) is 57.3 Å². The lowest BCUT2D eigenvalue weighted by atomic mass is 9.79. The first kappa shape index (κ1) is 73.3. The van der Waals surface area contributed by atoms with Crippen LogP contribution in [-0.4, -0.2) is 28.2 Å². The first-order chi connectivity index (χ1) is 58.8. The highest BCUT2D eigenvalue weighted by Crippen LogP contribution is 2.48. The molecule has 6 heterocycles. The van der Waals surface area contributed by atoms with Crippen LogP contribution in [0.25, 0.3) is 177 Å². The number of halogens is 6. The SMILES string of the molecule is CC1C(C#N)=CC=CC1c1ccc2c(c1)c1ccccc1n2-c1cnc(-n2c3ccc(-c4cccc(C#N)c4)cc3c3cc(-c4cc(C#N)cc(-c5ccc6c7ccccc7n(-c7cnc(-n8c9ccccc9c9ccc(-c%10cccc(C#N)c%10)cc98)cc7-c7cc(C#N)cc(C(F)(F)F)c7)c6c5)c4)ccc32)cc1-c1cc(C#N)cc(C(F)(F)F)c1. The number of pyridine rings is 2. The zero-order chi connectivity index (χ0) is 82.9. The van der Waals surface area contributed by atoms with Crippen LogP contribution in [0.4, 0.5) is 26.3 Å². The quantitative estimate of drug-likeness (QED) is 0.114. The molecule has 570 valence electrons. The van der Waals surface area contributed by atoms with E-state index >= 15 is 26.3 Å². The lowest BCUT2D eigenvalue weighted by Crippen LogP contribution is -2.12. The van der Waals surface area contributed by atoms with Crippen molar-refractivity contribution in [3.8, 4) is 126 Å². The van der Waals surface area contributed by atoms with Crippen LogP contribution in [0.5, 0.6) is 0 Å². The van der Waals surface area contributed by atoms with Crippen LogP contribution >= 0.6 is 0 Å². The second kappa shape index (κ2) is 28.4. The Bertz CT molecular complexity index is 8080. The van der Waals surface area contributed by atoms with Gasteiger partial charge in [0.15, 0.2) is 0 Å². The minimum Gasteiger partial charge on any atom is -0.307 e. The van der Waals surface area contributed by atoms with Crippen molar-refractivity contribution in [2.24, 2.45) is 5.92 Å². The fraction of sp³-hybridized carbons (Fsp3) is 0.0485. The van der Waals surface area contributed by atoms with Crippen LogP contribution in [0.15, 0.2) is 315 Å². The lowest BCUT2D eigenvalue weighted by molar-refractivity contribution is -0.138. The summed E-state index contributed by atoms with van der Waals surface area (Å²) in [5.41, 5.74) is 13.5. The standard InChI is InChI=1S/C103H56F6N12/c1-59-72(56-115)15-10-19-79(59)71-27-32-93-87(46-71)82-18-4-6-21-91(82)118(93)98-57-116-100(49-85(98)75-37-63(54-113)39-77(42-75)102(104,105)106)120-94-30-25-67(65-13-8-11-60(33-65)51-110)44-88(94)89-45-68(26-31-95(89)120)73-35-62(53-112)36-74(41-73)70-24-29-83-80-16-2-5-20-90(80)119(96(83)48-70)99-58-117-101(50-86(99)76-38-64(55-114)40-78(43-76)103(107,108)109)121-92-22-7-3-17-81(92)84-28-23-69(47-97(84)121)66-14-9-12-61(34-66)52-111/h2-50,57-59,79H,1H3. The van der Waals surface area contributed by atoms with Crippen LogP contribution in [-0.2, 0) is 12.4 Å². The van der Waals surface area contributed by atoms with Gasteiger partial charge < -0.3 is 9.13 Å². The molecule has 2 atom stereocenters. The number of nitriles is 6. The molecule has 1 aliphatic carbocycles. The van der Waals surface area contributed by atoms with E-state index in [1.54, 1.807) is 54.9 Å². The first-order valence-electron chi connectivity index (χ1n) is 38.6. The molecule has 121 heavy (non-hydrogen) atoms. The van der Waals surface area contributed by atoms with Gasteiger partial charge in [0, 0.05) is 71.6 Å². The van der Waals surface area contributed by atoms with Crippen molar-refractivity contribution in [3.05, 3.63) is 360 Å². The Kier molecular flexibility index (Phi) is 17.2. The van der Waals surface area contributed by atoms with Crippen molar-refractivity contribution in [2.75, 3.05) is 0 Å². The molecule has 0 amide bonds. The Morgan fingerprint density at radius 1 is 0.298 bits per heavy atom. The number of aromatic nitrogens is 6. The summed E-state index contributed by atoms with van der Waals surface area (Å²) in [4.78, 5) is 10.5. The van der Waals surface area contributed by atoms with Gasteiger partial charge in [-0.3, -0.25) is 9.13 Å². The molecule has 0 aliphatic heterocycles. The molecule has 19 aromatic rings. The molecule has 2 unspecified atom stereocenters. The van der Waals surface area contributed by atoms with E-state index in [0.29, 0.717) is 101 Å². The number of alkyl halides is 6. The van der Waals surface area contributed by atoms with Gasteiger partial charge in [-0.25, -0.2) is 9.97 Å². The summed E-state index contributed by atoms with van der Waals surface area (Å²) in [5.74, 6) is 0.458. The Balaban J connectivity index is 0.764. The Hall–Kier alpha value is -16.6. The van der Waals surface area contributed by atoms with Crippen LogP contribution in [0.3, 0.4) is 0 Å². The zero-order valence-corrected chi connectivity index (χ0v) is 63.7. The van der Waals surface area contributed by atoms with E-state index < -0.39 is 23.5 Å². The summed E-state index contributed by atoms with van der Waals surface area (Å²) in [5, 5.41) is 68.6. The van der Waals surface area contributed by atoms with Crippen molar-refractivity contribution in [2.45, 2.75) is 25.2 Å². The van der Waals surface area contributed by atoms with Gasteiger partial charge in [0.05, 0.1) is 143 Å². The summed E-state index contributed by atoms with van der Waals surface area (Å²) < 4.78 is 99.2. The van der Waals surface area contributed by atoms with E-state index in [0.717, 1.165) is 117 Å². The summed E-state index contributed by atoms with van der Waals surface area (Å²) in [6.45, 7) is 2.02. The second-order valence-electron chi connectivity index (χ2n) is 30.3. The number of hydrogen-bond donors (Lipinski definition) is 0. The van der Waals surface area contributed by atoms with Gasteiger partial charge in [-0.05, 0) is 225 Å². The molecule has 12 nitrogen and oxygen atoms in total. The molecule has 13 aromatic carbocycles. The Morgan fingerprint density at radius 3 is 1.17 bits per heavy atom. The predicted octanol–water partition coefficient (Wildman–Crippen LogP) is 26.0. The Labute approximate surface area is 686 Å². The molecule has 6 aromatic heterocycles. The highest BCUT2D eigenvalue weighted by molar-refractivity contribution is 6.15. The maximum absolute atomic E-state index is 15.2.